The number of nitrogens with one attached hydrogen (secondary N) is 1. The highest BCUT2D eigenvalue weighted by molar-refractivity contribution is 6.13. The maximum Gasteiger partial charge on any atom is 0.249 e. The molecule has 1 aromatic rings. The average molecular weight is 215 g/mol. The SMILES string of the molecule is C=CCN1C(=N)N(c2ccccc2)CC1=O. The second-order valence-electron chi connectivity index (χ2n) is 3.54. The quantitative estimate of drug-likeness (QED) is 0.776. The third-order valence-corrected chi connectivity index (χ3v) is 2.49. The molecule has 0 aliphatic carbocycles. The van der Waals surface area contributed by atoms with Gasteiger partial charge in [0.2, 0.25) is 11.9 Å². The molecule has 0 unspecified atom stereocenters. The van der Waals surface area contributed by atoms with Gasteiger partial charge in [0, 0.05) is 12.2 Å². The maximum absolute atomic E-state index is 11.7. The van der Waals surface area contributed by atoms with Crippen molar-refractivity contribution in [3.63, 3.8) is 0 Å². The van der Waals surface area contributed by atoms with Crippen LogP contribution in [-0.4, -0.2) is 29.9 Å². The third-order valence-electron chi connectivity index (χ3n) is 2.49. The van der Waals surface area contributed by atoms with Crippen LogP contribution in [0.15, 0.2) is 43.0 Å². The fraction of sp³-hybridized carbons (Fsp3) is 0.167. The summed E-state index contributed by atoms with van der Waals surface area (Å²) in [5.74, 6) is 0.157. The minimum absolute atomic E-state index is 0.0613. The number of carbonyl (C=O) groups excluding carboxylic acids is 1. The van der Waals surface area contributed by atoms with Crippen LogP contribution in [-0.2, 0) is 4.79 Å². The molecule has 0 spiro atoms. The Bertz CT molecular complexity index is 427. The molecule has 4 nitrogen and oxygen atoms in total. The smallest absolute Gasteiger partial charge is 0.249 e. The van der Waals surface area contributed by atoms with Gasteiger partial charge in [0.05, 0.1) is 0 Å². The minimum Gasteiger partial charge on any atom is -0.303 e. The topological polar surface area (TPSA) is 47.4 Å². The molecule has 1 heterocycles. The van der Waals surface area contributed by atoms with Crippen molar-refractivity contribution in [2.45, 2.75) is 0 Å². The lowest BCUT2D eigenvalue weighted by molar-refractivity contribution is -0.124. The van der Waals surface area contributed by atoms with Crippen molar-refractivity contribution in [2.75, 3.05) is 18.0 Å². The van der Waals surface area contributed by atoms with Crippen LogP contribution in [0.3, 0.4) is 0 Å². The van der Waals surface area contributed by atoms with Crippen LogP contribution < -0.4 is 4.90 Å². The summed E-state index contributed by atoms with van der Waals surface area (Å²) >= 11 is 0. The number of amides is 1. The highest BCUT2D eigenvalue weighted by Gasteiger charge is 2.32. The van der Waals surface area contributed by atoms with Crippen LogP contribution >= 0.6 is 0 Å². The number of anilines is 1. The van der Waals surface area contributed by atoms with E-state index < -0.39 is 0 Å². The van der Waals surface area contributed by atoms with Gasteiger partial charge in [-0.15, -0.1) is 6.58 Å². The first-order valence-corrected chi connectivity index (χ1v) is 5.06. The lowest BCUT2D eigenvalue weighted by atomic mass is 10.3. The second-order valence-corrected chi connectivity index (χ2v) is 3.54. The van der Waals surface area contributed by atoms with Crippen LogP contribution in [0, 0.1) is 5.41 Å². The number of guanidine groups is 1. The molecule has 2 rings (SSSR count). The van der Waals surface area contributed by atoms with Crippen LogP contribution in [0.25, 0.3) is 0 Å². The summed E-state index contributed by atoms with van der Waals surface area (Å²) in [6.45, 7) is 4.20. The van der Waals surface area contributed by atoms with Crippen molar-refractivity contribution >= 4 is 17.6 Å². The number of nitrogens with zero attached hydrogens (tertiary/aromatic N) is 2. The molecule has 1 aromatic carbocycles. The van der Waals surface area contributed by atoms with E-state index in [1.807, 2.05) is 30.3 Å². The third kappa shape index (κ3) is 1.69. The van der Waals surface area contributed by atoms with Gasteiger partial charge in [-0.2, -0.15) is 0 Å². The number of rotatable bonds is 3. The van der Waals surface area contributed by atoms with E-state index in [0.717, 1.165) is 5.69 Å². The monoisotopic (exact) mass is 215 g/mol. The predicted molar refractivity (Wildman–Crippen MR) is 63.4 cm³/mol. The van der Waals surface area contributed by atoms with Crippen molar-refractivity contribution in [1.29, 1.82) is 5.41 Å². The normalized spacial score (nSPS) is 15.8. The number of benzene rings is 1. The summed E-state index contributed by atoms with van der Waals surface area (Å²) in [7, 11) is 0. The summed E-state index contributed by atoms with van der Waals surface area (Å²) in [4.78, 5) is 14.8. The summed E-state index contributed by atoms with van der Waals surface area (Å²) in [6, 6.07) is 9.47. The van der Waals surface area contributed by atoms with Crippen LogP contribution in [0.2, 0.25) is 0 Å². The average Bonchev–Trinajstić information content (AvgIpc) is 2.59. The highest BCUT2D eigenvalue weighted by Crippen LogP contribution is 2.19. The maximum atomic E-state index is 11.7. The summed E-state index contributed by atoms with van der Waals surface area (Å²) in [6.07, 6.45) is 1.63. The molecule has 1 amide bonds. The summed E-state index contributed by atoms with van der Waals surface area (Å²) < 4.78 is 0. The highest BCUT2D eigenvalue weighted by atomic mass is 16.2. The van der Waals surface area contributed by atoms with E-state index >= 15 is 0 Å². The van der Waals surface area contributed by atoms with Gasteiger partial charge in [-0.05, 0) is 12.1 Å². The predicted octanol–water partition coefficient (Wildman–Crippen LogP) is 1.46. The Labute approximate surface area is 94.3 Å². The first-order valence-electron chi connectivity index (χ1n) is 5.06. The van der Waals surface area contributed by atoms with E-state index in [0.29, 0.717) is 6.54 Å². The number of para-hydroxylation sites is 1. The van der Waals surface area contributed by atoms with E-state index in [1.165, 1.54) is 4.90 Å². The van der Waals surface area contributed by atoms with Gasteiger partial charge in [0.25, 0.3) is 0 Å². The Morgan fingerprint density at radius 1 is 1.38 bits per heavy atom. The molecule has 1 fully saturated rings. The zero-order chi connectivity index (χ0) is 11.5. The Balaban J connectivity index is 2.24. The van der Waals surface area contributed by atoms with E-state index in [4.69, 9.17) is 5.41 Å². The molecular weight excluding hydrogens is 202 g/mol. The molecule has 1 saturated heterocycles. The number of carbonyl (C=O) groups is 1. The molecular formula is C12H13N3O. The fourth-order valence-electron chi connectivity index (χ4n) is 1.70. The van der Waals surface area contributed by atoms with Gasteiger partial charge < -0.3 is 4.90 Å². The second kappa shape index (κ2) is 4.18. The van der Waals surface area contributed by atoms with E-state index in [-0.39, 0.29) is 18.4 Å². The minimum atomic E-state index is -0.0613. The Hall–Kier alpha value is -2.10. The number of hydrogen-bond acceptors (Lipinski definition) is 2. The lowest BCUT2D eigenvalue weighted by Gasteiger charge is -2.18. The van der Waals surface area contributed by atoms with Crippen LogP contribution in [0.1, 0.15) is 0 Å². The molecule has 0 radical (unpaired) electrons. The zero-order valence-electron chi connectivity index (χ0n) is 8.89. The van der Waals surface area contributed by atoms with Crippen molar-refractivity contribution < 1.29 is 4.79 Å². The Morgan fingerprint density at radius 3 is 2.69 bits per heavy atom. The Kier molecular flexibility index (Phi) is 2.72. The van der Waals surface area contributed by atoms with Gasteiger partial charge in [-0.3, -0.25) is 15.1 Å². The Morgan fingerprint density at radius 2 is 2.06 bits per heavy atom. The molecule has 0 atom stereocenters. The molecule has 82 valence electrons. The molecule has 1 N–H and O–H groups in total. The van der Waals surface area contributed by atoms with Gasteiger partial charge >= 0.3 is 0 Å². The molecule has 1 aliphatic rings. The molecule has 0 aromatic heterocycles. The van der Waals surface area contributed by atoms with Gasteiger partial charge in [-0.1, -0.05) is 24.3 Å². The molecule has 0 bridgehead atoms. The van der Waals surface area contributed by atoms with E-state index in [2.05, 4.69) is 6.58 Å². The van der Waals surface area contributed by atoms with Crippen LogP contribution in [0.5, 0.6) is 0 Å². The lowest BCUT2D eigenvalue weighted by Crippen LogP contribution is -2.33. The van der Waals surface area contributed by atoms with Gasteiger partial charge in [-0.25, -0.2) is 0 Å². The molecule has 16 heavy (non-hydrogen) atoms. The largest absolute Gasteiger partial charge is 0.303 e. The molecule has 0 saturated carbocycles. The van der Waals surface area contributed by atoms with Crippen molar-refractivity contribution in [2.24, 2.45) is 0 Å². The standard InChI is InChI=1S/C12H13N3O/c1-2-8-14-11(16)9-15(12(14)13)10-6-4-3-5-7-10/h2-7,13H,1,8-9H2. The molecule has 1 aliphatic heterocycles. The summed E-state index contributed by atoms with van der Waals surface area (Å²) in [5.41, 5.74) is 0.868. The number of hydrogen-bond donors (Lipinski definition) is 1. The van der Waals surface area contributed by atoms with E-state index in [1.54, 1.807) is 11.0 Å². The van der Waals surface area contributed by atoms with Crippen molar-refractivity contribution in [1.82, 2.24) is 4.90 Å². The van der Waals surface area contributed by atoms with Gasteiger partial charge in [0.15, 0.2) is 0 Å². The fourth-order valence-corrected chi connectivity index (χ4v) is 1.70. The van der Waals surface area contributed by atoms with Crippen LogP contribution in [0.4, 0.5) is 5.69 Å². The van der Waals surface area contributed by atoms with Crippen molar-refractivity contribution in [3.8, 4) is 0 Å². The zero-order valence-corrected chi connectivity index (χ0v) is 8.89. The first kappa shape index (κ1) is 10.4. The van der Waals surface area contributed by atoms with E-state index in [9.17, 15) is 4.79 Å². The van der Waals surface area contributed by atoms with Crippen molar-refractivity contribution in [3.05, 3.63) is 43.0 Å². The summed E-state index contributed by atoms with van der Waals surface area (Å²) in [5, 5.41) is 7.92. The van der Waals surface area contributed by atoms with Gasteiger partial charge in [0.1, 0.15) is 6.54 Å². The first-order chi connectivity index (χ1) is 7.74. The molecule has 4 heteroatoms.